The second-order valence-electron chi connectivity index (χ2n) is 3.61. The molecule has 1 aliphatic rings. The predicted octanol–water partition coefficient (Wildman–Crippen LogP) is 3.25. The van der Waals surface area contributed by atoms with Crippen molar-refractivity contribution in [3.63, 3.8) is 0 Å². The molecule has 0 aliphatic heterocycles. The van der Waals surface area contributed by atoms with Crippen molar-refractivity contribution in [2.45, 2.75) is 31.0 Å². The number of rotatable bonds is 0. The maximum absolute atomic E-state index is 3.68. The van der Waals surface area contributed by atoms with Crippen LogP contribution >= 0.6 is 15.9 Å². The quantitative estimate of drug-likeness (QED) is 0.594. The smallest absolute Gasteiger partial charge is 0.0189 e. The van der Waals surface area contributed by atoms with Crippen molar-refractivity contribution >= 4 is 15.9 Å². The number of fused-ring (bicyclic) bond motifs is 1. The normalized spacial score (nSPS) is 22.0. The Morgan fingerprint density at radius 3 is 3.00 bits per heavy atom. The van der Waals surface area contributed by atoms with Gasteiger partial charge in [-0.3, -0.25) is 0 Å². The highest BCUT2D eigenvalue weighted by atomic mass is 79.9. The van der Waals surface area contributed by atoms with Crippen LogP contribution in [0.2, 0.25) is 0 Å². The Morgan fingerprint density at radius 2 is 2.17 bits per heavy atom. The summed E-state index contributed by atoms with van der Waals surface area (Å²) in [7, 11) is 0. The molecule has 1 atom stereocenters. The van der Waals surface area contributed by atoms with Crippen molar-refractivity contribution in [3.8, 4) is 0 Å². The molecule has 0 nitrogen and oxygen atoms in total. The first-order valence-corrected chi connectivity index (χ1v) is 5.40. The summed E-state index contributed by atoms with van der Waals surface area (Å²) in [6, 6.07) is 6.82. The first-order valence-electron chi connectivity index (χ1n) is 4.48. The molecule has 0 radical (unpaired) electrons. The Balaban J connectivity index is 2.37. The zero-order valence-electron chi connectivity index (χ0n) is 7.31. The minimum Gasteiger partial charge on any atom is -0.0887 e. The van der Waals surface area contributed by atoms with Gasteiger partial charge in [0, 0.05) is 4.83 Å². The van der Waals surface area contributed by atoms with Crippen LogP contribution in [0.15, 0.2) is 18.2 Å². The van der Waals surface area contributed by atoms with Crippen LogP contribution in [0.5, 0.6) is 0 Å². The van der Waals surface area contributed by atoms with Crippen LogP contribution in [0.3, 0.4) is 0 Å². The maximum Gasteiger partial charge on any atom is 0.0189 e. The Kier molecular flexibility index (Phi) is 2.22. The predicted molar refractivity (Wildman–Crippen MR) is 55.9 cm³/mol. The molecule has 1 heteroatoms. The molecule has 0 spiro atoms. The third-order valence-electron chi connectivity index (χ3n) is 2.53. The highest BCUT2D eigenvalue weighted by Crippen LogP contribution is 2.26. The number of hydrogen-bond donors (Lipinski definition) is 0. The van der Waals surface area contributed by atoms with E-state index in [1.54, 1.807) is 11.1 Å². The lowest BCUT2D eigenvalue weighted by Gasteiger charge is -2.20. The van der Waals surface area contributed by atoms with E-state index in [1.807, 2.05) is 0 Å². The SMILES string of the molecule is Cc1ccc2c(c1)CC(Br)CC2. The van der Waals surface area contributed by atoms with Gasteiger partial charge in [-0.15, -0.1) is 0 Å². The molecule has 1 aromatic carbocycles. The summed E-state index contributed by atoms with van der Waals surface area (Å²) in [4.78, 5) is 0.701. The molecule has 1 aromatic rings. The summed E-state index contributed by atoms with van der Waals surface area (Å²) < 4.78 is 0. The van der Waals surface area contributed by atoms with Gasteiger partial charge in [-0.1, -0.05) is 39.7 Å². The van der Waals surface area contributed by atoms with Crippen LogP contribution in [0.4, 0.5) is 0 Å². The van der Waals surface area contributed by atoms with Gasteiger partial charge in [0.15, 0.2) is 0 Å². The second kappa shape index (κ2) is 3.21. The molecular weight excluding hydrogens is 212 g/mol. The number of benzene rings is 1. The molecule has 12 heavy (non-hydrogen) atoms. The van der Waals surface area contributed by atoms with Gasteiger partial charge >= 0.3 is 0 Å². The zero-order valence-corrected chi connectivity index (χ0v) is 8.89. The third-order valence-corrected chi connectivity index (χ3v) is 3.31. The molecule has 2 rings (SSSR count). The molecule has 0 heterocycles. The minimum absolute atomic E-state index is 0.701. The molecule has 1 unspecified atom stereocenters. The summed E-state index contributed by atoms with van der Waals surface area (Å²) in [6.45, 7) is 2.16. The van der Waals surface area contributed by atoms with Crippen molar-refractivity contribution in [2.24, 2.45) is 0 Å². The van der Waals surface area contributed by atoms with Crippen molar-refractivity contribution in [1.82, 2.24) is 0 Å². The molecule has 0 saturated heterocycles. The Hall–Kier alpha value is -0.300. The van der Waals surface area contributed by atoms with Crippen LogP contribution in [-0.2, 0) is 12.8 Å². The fourth-order valence-corrected chi connectivity index (χ4v) is 2.42. The van der Waals surface area contributed by atoms with Gasteiger partial charge in [-0.05, 0) is 37.3 Å². The lowest BCUT2D eigenvalue weighted by molar-refractivity contribution is 0.711. The average molecular weight is 225 g/mol. The Bertz CT molecular complexity index is 291. The lowest BCUT2D eigenvalue weighted by atomic mass is 9.90. The molecule has 0 saturated carbocycles. The Morgan fingerprint density at radius 1 is 1.33 bits per heavy atom. The maximum atomic E-state index is 3.68. The summed E-state index contributed by atoms with van der Waals surface area (Å²) in [6.07, 6.45) is 3.73. The van der Waals surface area contributed by atoms with Crippen molar-refractivity contribution < 1.29 is 0 Å². The summed E-state index contributed by atoms with van der Waals surface area (Å²) >= 11 is 3.68. The van der Waals surface area contributed by atoms with Crippen molar-refractivity contribution in [1.29, 1.82) is 0 Å². The van der Waals surface area contributed by atoms with E-state index in [2.05, 4.69) is 41.1 Å². The van der Waals surface area contributed by atoms with E-state index < -0.39 is 0 Å². The summed E-state index contributed by atoms with van der Waals surface area (Å²) in [5.74, 6) is 0. The number of hydrogen-bond acceptors (Lipinski definition) is 0. The molecule has 0 fully saturated rings. The molecule has 0 aromatic heterocycles. The van der Waals surface area contributed by atoms with E-state index >= 15 is 0 Å². The van der Waals surface area contributed by atoms with Crippen molar-refractivity contribution in [3.05, 3.63) is 34.9 Å². The molecule has 64 valence electrons. The molecule has 0 bridgehead atoms. The Labute approximate surface area is 82.1 Å². The zero-order chi connectivity index (χ0) is 8.55. The van der Waals surface area contributed by atoms with Gasteiger partial charge in [0.25, 0.3) is 0 Å². The molecule has 1 aliphatic carbocycles. The fourth-order valence-electron chi connectivity index (χ4n) is 1.84. The van der Waals surface area contributed by atoms with Gasteiger partial charge in [0.1, 0.15) is 0 Å². The van der Waals surface area contributed by atoms with Gasteiger partial charge in [0.05, 0.1) is 0 Å². The van der Waals surface area contributed by atoms with Crippen LogP contribution < -0.4 is 0 Å². The highest BCUT2D eigenvalue weighted by molar-refractivity contribution is 9.09. The second-order valence-corrected chi connectivity index (χ2v) is 4.91. The van der Waals surface area contributed by atoms with Gasteiger partial charge in [0.2, 0.25) is 0 Å². The van der Waals surface area contributed by atoms with Gasteiger partial charge in [-0.2, -0.15) is 0 Å². The minimum atomic E-state index is 0.701. The fraction of sp³-hybridized carbons (Fsp3) is 0.455. The average Bonchev–Trinajstić information content (AvgIpc) is 2.03. The number of aryl methyl sites for hydroxylation is 2. The van der Waals surface area contributed by atoms with E-state index in [-0.39, 0.29) is 0 Å². The third kappa shape index (κ3) is 1.56. The van der Waals surface area contributed by atoms with E-state index in [0.29, 0.717) is 4.83 Å². The van der Waals surface area contributed by atoms with E-state index in [9.17, 15) is 0 Å². The van der Waals surface area contributed by atoms with Crippen LogP contribution in [-0.4, -0.2) is 4.83 Å². The summed E-state index contributed by atoms with van der Waals surface area (Å²) in [5, 5.41) is 0. The van der Waals surface area contributed by atoms with E-state index in [1.165, 1.54) is 24.8 Å². The van der Waals surface area contributed by atoms with Crippen LogP contribution in [0.1, 0.15) is 23.1 Å². The van der Waals surface area contributed by atoms with Crippen LogP contribution in [0, 0.1) is 6.92 Å². The lowest BCUT2D eigenvalue weighted by Crippen LogP contribution is -2.13. The van der Waals surface area contributed by atoms with E-state index in [0.717, 1.165) is 0 Å². The first-order chi connectivity index (χ1) is 5.75. The van der Waals surface area contributed by atoms with Crippen LogP contribution in [0.25, 0.3) is 0 Å². The van der Waals surface area contributed by atoms with Gasteiger partial charge in [-0.25, -0.2) is 0 Å². The molecule has 0 amide bonds. The monoisotopic (exact) mass is 224 g/mol. The van der Waals surface area contributed by atoms with Crippen molar-refractivity contribution in [2.75, 3.05) is 0 Å². The van der Waals surface area contributed by atoms with E-state index in [4.69, 9.17) is 0 Å². The standard InChI is InChI=1S/C11H13Br/c1-8-2-3-9-4-5-11(12)7-10(9)6-8/h2-3,6,11H,4-5,7H2,1H3. The number of halogens is 1. The molecule has 0 N–H and O–H groups in total. The topological polar surface area (TPSA) is 0 Å². The highest BCUT2D eigenvalue weighted by Gasteiger charge is 2.15. The van der Waals surface area contributed by atoms with Gasteiger partial charge < -0.3 is 0 Å². The first kappa shape index (κ1) is 8.31. The number of alkyl halides is 1. The largest absolute Gasteiger partial charge is 0.0887 e. The molecular formula is C11H13Br. The summed E-state index contributed by atoms with van der Waals surface area (Å²) in [5.41, 5.74) is 4.48.